The van der Waals surface area contributed by atoms with Gasteiger partial charge < -0.3 is 0 Å². The van der Waals surface area contributed by atoms with Crippen molar-refractivity contribution < 1.29 is 13.2 Å². The SMILES string of the molecule is FC(F)(F)c1cccnc1-n1cc(Br)cn1. The van der Waals surface area contributed by atoms with Gasteiger partial charge in [0.25, 0.3) is 0 Å². The lowest BCUT2D eigenvalue weighted by Gasteiger charge is -2.10. The number of aromatic nitrogens is 3. The van der Waals surface area contributed by atoms with Crippen molar-refractivity contribution in [2.24, 2.45) is 0 Å². The molecule has 0 saturated carbocycles. The van der Waals surface area contributed by atoms with Gasteiger partial charge in [-0.25, -0.2) is 9.67 Å². The molecule has 0 aliphatic rings. The third-order valence-corrected chi connectivity index (χ3v) is 2.27. The van der Waals surface area contributed by atoms with Gasteiger partial charge in [-0.2, -0.15) is 18.3 Å². The van der Waals surface area contributed by atoms with Crippen molar-refractivity contribution >= 4 is 15.9 Å². The highest BCUT2D eigenvalue weighted by molar-refractivity contribution is 9.10. The molecule has 3 nitrogen and oxygen atoms in total. The number of alkyl halides is 3. The second-order valence-corrected chi connectivity index (χ2v) is 3.89. The monoisotopic (exact) mass is 291 g/mol. The molecule has 0 spiro atoms. The van der Waals surface area contributed by atoms with Crippen LogP contribution in [0.2, 0.25) is 0 Å². The second kappa shape index (κ2) is 3.89. The summed E-state index contributed by atoms with van der Waals surface area (Å²) in [7, 11) is 0. The minimum Gasteiger partial charge on any atom is -0.237 e. The Balaban J connectivity index is 2.57. The van der Waals surface area contributed by atoms with Crippen LogP contribution in [0.15, 0.2) is 35.2 Å². The van der Waals surface area contributed by atoms with Gasteiger partial charge in [0, 0.05) is 12.4 Å². The van der Waals surface area contributed by atoms with E-state index >= 15 is 0 Å². The van der Waals surface area contributed by atoms with E-state index < -0.39 is 11.7 Å². The van der Waals surface area contributed by atoms with E-state index in [2.05, 4.69) is 26.0 Å². The predicted molar refractivity (Wildman–Crippen MR) is 54.1 cm³/mol. The topological polar surface area (TPSA) is 30.7 Å². The molecule has 0 fully saturated rings. The first-order chi connectivity index (χ1) is 7.48. The molecular formula is C9H5BrF3N3. The highest BCUT2D eigenvalue weighted by Gasteiger charge is 2.34. The molecule has 2 rings (SSSR count). The highest BCUT2D eigenvalue weighted by atomic mass is 79.9. The Morgan fingerprint density at radius 2 is 2.06 bits per heavy atom. The molecule has 0 aliphatic heterocycles. The Morgan fingerprint density at radius 1 is 1.31 bits per heavy atom. The standard InChI is InChI=1S/C9H5BrF3N3/c10-6-4-15-16(5-6)8-7(9(11,12)13)2-1-3-14-8/h1-5H. The fraction of sp³-hybridized carbons (Fsp3) is 0.111. The summed E-state index contributed by atoms with van der Waals surface area (Å²) >= 11 is 3.11. The molecule has 16 heavy (non-hydrogen) atoms. The number of hydrogen-bond donors (Lipinski definition) is 0. The van der Waals surface area contributed by atoms with E-state index in [1.807, 2.05) is 0 Å². The normalized spacial score (nSPS) is 11.8. The number of rotatable bonds is 1. The first-order valence-corrected chi connectivity index (χ1v) is 5.00. The van der Waals surface area contributed by atoms with Crippen molar-refractivity contribution in [3.8, 4) is 5.82 Å². The highest BCUT2D eigenvalue weighted by Crippen LogP contribution is 2.32. The summed E-state index contributed by atoms with van der Waals surface area (Å²) in [6, 6.07) is 2.21. The average Bonchev–Trinajstić information content (AvgIpc) is 2.64. The van der Waals surface area contributed by atoms with E-state index in [9.17, 15) is 13.2 Å². The number of pyridine rings is 1. The van der Waals surface area contributed by atoms with E-state index in [1.165, 1.54) is 24.7 Å². The van der Waals surface area contributed by atoms with Gasteiger partial charge in [-0.05, 0) is 28.1 Å². The zero-order chi connectivity index (χ0) is 11.8. The molecule has 2 heterocycles. The maximum absolute atomic E-state index is 12.6. The van der Waals surface area contributed by atoms with Gasteiger partial charge in [0.05, 0.1) is 10.7 Å². The number of nitrogens with zero attached hydrogens (tertiary/aromatic N) is 3. The van der Waals surface area contributed by atoms with Gasteiger partial charge in [0.1, 0.15) is 5.56 Å². The lowest BCUT2D eigenvalue weighted by atomic mass is 10.2. The Hall–Kier alpha value is -1.37. The van der Waals surface area contributed by atoms with Crippen molar-refractivity contribution in [1.29, 1.82) is 0 Å². The van der Waals surface area contributed by atoms with Crippen LogP contribution in [0, 0.1) is 0 Å². The van der Waals surface area contributed by atoms with Crippen LogP contribution in [-0.2, 0) is 6.18 Å². The Bertz CT molecular complexity index is 507. The largest absolute Gasteiger partial charge is 0.420 e. The third-order valence-electron chi connectivity index (χ3n) is 1.86. The molecule has 2 aromatic heterocycles. The Labute approximate surface area is 97.0 Å². The molecule has 7 heteroatoms. The smallest absolute Gasteiger partial charge is 0.237 e. The Morgan fingerprint density at radius 3 is 2.62 bits per heavy atom. The van der Waals surface area contributed by atoms with Crippen molar-refractivity contribution in [3.05, 3.63) is 40.8 Å². The zero-order valence-electron chi connectivity index (χ0n) is 7.74. The fourth-order valence-electron chi connectivity index (χ4n) is 1.22. The molecule has 0 atom stereocenters. The summed E-state index contributed by atoms with van der Waals surface area (Å²) in [5, 5.41) is 3.77. The molecule has 84 valence electrons. The van der Waals surface area contributed by atoms with Crippen molar-refractivity contribution in [1.82, 2.24) is 14.8 Å². The van der Waals surface area contributed by atoms with Gasteiger partial charge in [-0.3, -0.25) is 0 Å². The molecule has 0 bridgehead atoms. The van der Waals surface area contributed by atoms with Crippen LogP contribution < -0.4 is 0 Å². The minimum absolute atomic E-state index is 0.235. The summed E-state index contributed by atoms with van der Waals surface area (Å²) in [6.45, 7) is 0. The van der Waals surface area contributed by atoms with E-state index in [0.717, 1.165) is 10.7 Å². The lowest BCUT2D eigenvalue weighted by molar-refractivity contribution is -0.137. The fourth-order valence-corrected chi connectivity index (χ4v) is 1.50. The van der Waals surface area contributed by atoms with Crippen LogP contribution in [0.3, 0.4) is 0 Å². The third kappa shape index (κ3) is 2.08. The van der Waals surface area contributed by atoms with Crippen LogP contribution in [0.25, 0.3) is 5.82 Å². The summed E-state index contributed by atoms with van der Waals surface area (Å²) < 4.78 is 39.6. The van der Waals surface area contributed by atoms with Crippen LogP contribution in [-0.4, -0.2) is 14.8 Å². The van der Waals surface area contributed by atoms with Crippen LogP contribution in [0.4, 0.5) is 13.2 Å². The minimum atomic E-state index is -4.44. The second-order valence-electron chi connectivity index (χ2n) is 2.98. The van der Waals surface area contributed by atoms with Crippen molar-refractivity contribution in [3.63, 3.8) is 0 Å². The first-order valence-electron chi connectivity index (χ1n) is 4.21. The quantitative estimate of drug-likeness (QED) is 0.808. The maximum Gasteiger partial charge on any atom is 0.420 e. The molecule has 0 unspecified atom stereocenters. The van der Waals surface area contributed by atoms with Gasteiger partial charge in [0.15, 0.2) is 5.82 Å². The molecule has 0 amide bonds. The molecule has 0 N–H and O–H groups in total. The van der Waals surface area contributed by atoms with Gasteiger partial charge in [0.2, 0.25) is 0 Å². The molecule has 0 aromatic carbocycles. The van der Waals surface area contributed by atoms with Crippen molar-refractivity contribution in [2.45, 2.75) is 6.18 Å². The molecular weight excluding hydrogens is 287 g/mol. The molecule has 0 radical (unpaired) electrons. The molecule has 0 saturated heterocycles. The number of halogens is 4. The summed E-state index contributed by atoms with van der Waals surface area (Å²) in [5.74, 6) is -0.235. The summed E-state index contributed by atoms with van der Waals surface area (Å²) in [5.41, 5.74) is -0.814. The van der Waals surface area contributed by atoms with Gasteiger partial charge >= 0.3 is 6.18 Å². The molecule has 2 aromatic rings. The van der Waals surface area contributed by atoms with Crippen LogP contribution in [0.1, 0.15) is 5.56 Å². The maximum atomic E-state index is 12.6. The number of hydrogen-bond acceptors (Lipinski definition) is 2. The average molecular weight is 292 g/mol. The van der Waals surface area contributed by atoms with Crippen molar-refractivity contribution in [2.75, 3.05) is 0 Å². The van der Waals surface area contributed by atoms with E-state index in [1.54, 1.807) is 0 Å². The van der Waals surface area contributed by atoms with Gasteiger partial charge in [-0.1, -0.05) is 0 Å². The van der Waals surface area contributed by atoms with Crippen LogP contribution in [0.5, 0.6) is 0 Å². The Kier molecular flexibility index (Phi) is 2.71. The summed E-state index contributed by atoms with van der Waals surface area (Å²) in [4.78, 5) is 3.69. The van der Waals surface area contributed by atoms with Gasteiger partial charge in [-0.15, -0.1) is 0 Å². The molecule has 0 aliphatic carbocycles. The van der Waals surface area contributed by atoms with E-state index in [4.69, 9.17) is 0 Å². The summed E-state index contributed by atoms with van der Waals surface area (Å²) in [6.07, 6.45) is -0.339. The first kappa shape index (κ1) is 11.1. The van der Waals surface area contributed by atoms with E-state index in [-0.39, 0.29) is 5.82 Å². The zero-order valence-corrected chi connectivity index (χ0v) is 9.33. The predicted octanol–water partition coefficient (Wildman–Crippen LogP) is 3.05. The van der Waals surface area contributed by atoms with E-state index in [0.29, 0.717) is 4.47 Å². The van der Waals surface area contributed by atoms with Crippen LogP contribution >= 0.6 is 15.9 Å². The lowest BCUT2D eigenvalue weighted by Crippen LogP contribution is -2.12.